The Morgan fingerprint density at radius 2 is 0.765 bits per heavy atom. The topological polar surface area (TPSA) is 60.8 Å². The number of aromatic nitrogens is 4. The fourth-order valence-electron chi connectivity index (χ4n) is 6.14. The van der Waals surface area contributed by atoms with Gasteiger partial charge >= 0.3 is 0 Å². The first-order valence-corrected chi connectivity index (χ1v) is 20.5. The van der Waals surface area contributed by atoms with E-state index in [-0.39, 0.29) is 0 Å². The molecule has 51 heavy (non-hydrogen) atoms. The molecule has 4 rings (SSSR count). The molecule has 0 bridgehead atoms. The van der Waals surface area contributed by atoms with Crippen LogP contribution in [-0.4, -0.2) is 26.5 Å². The van der Waals surface area contributed by atoms with Crippen LogP contribution in [0.15, 0.2) is 73.3 Å². The molecule has 0 saturated heterocycles. The summed E-state index contributed by atoms with van der Waals surface area (Å²) < 4.78 is 5.84. The maximum absolute atomic E-state index is 5.84. The van der Waals surface area contributed by atoms with Gasteiger partial charge in [-0.3, -0.25) is 0 Å². The van der Waals surface area contributed by atoms with Gasteiger partial charge in [-0.25, -0.2) is 19.9 Å². The lowest BCUT2D eigenvalue weighted by atomic mass is 10.1. The van der Waals surface area contributed by atoms with Crippen molar-refractivity contribution < 1.29 is 4.74 Å². The number of benzene rings is 2. The van der Waals surface area contributed by atoms with E-state index in [9.17, 15) is 0 Å². The van der Waals surface area contributed by atoms with E-state index in [0.29, 0.717) is 0 Å². The van der Waals surface area contributed by atoms with Crippen LogP contribution in [0.4, 0.5) is 0 Å². The number of ether oxygens (including phenoxy) is 1. The summed E-state index contributed by atoms with van der Waals surface area (Å²) in [5, 5.41) is 0. The summed E-state index contributed by atoms with van der Waals surface area (Å²) in [6.07, 6.45) is 35.2. The maximum atomic E-state index is 5.84. The lowest BCUT2D eigenvalue weighted by Crippen LogP contribution is -1.97. The van der Waals surface area contributed by atoms with E-state index in [1.54, 1.807) is 0 Å². The van der Waals surface area contributed by atoms with E-state index < -0.39 is 0 Å². The molecule has 2 aromatic heterocycles. The average molecular weight is 693 g/mol. The molecule has 0 fully saturated rings. The first-order valence-electron chi connectivity index (χ1n) is 20.5. The molecule has 0 aliphatic carbocycles. The van der Waals surface area contributed by atoms with Crippen LogP contribution in [0.5, 0.6) is 5.75 Å². The number of unbranched alkanes of at least 4 members (excludes halogenated alkanes) is 16. The highest BCUT2D eigenvalue weighted by Crippen LogP contribution is 2.21. The molecule has 2 aromatic carbocycles. The van der Waals surface area contributed by atoms with Crippen LogP contribution in [0.2, 0.25) is 0 Å². The predicted octanol–water partition coefficient (Wildman–Crippen LogP) is 13.5. The number of hydrogen-bond acceptors (Lipinski definition) is 5. The Bertz CT molecular complexity index is 1390. The standard InChI is InChI=1S/C26H40N2O.C20H28N2/c1-3-5-7-9-10-11-13-15-23-21-27-26(28-22-23)24-16-18-25(19-17-24)29-20-14-12-8-6-4-2;1-3-4-5-6-7-8-9-10-18-15-21-20(22-16-18)19-13-11-17(2)12-14-19/h16-19,21-22H,3-15,20H2,1-2H3;11-16H,3-10H2,1-2H3. The molecule has 2 heterocycles. The lowest BCUT2D eigenvalue weighted by Gasteiger charge is -2.07. The summed E-state index contributed by atoms with van der Waals surface area (Å²) in [6.45, 7) is 9.66. The van der Waals surface area contributed by atoms with Crippen molar-refractivity contribution in [2.75, 3.05) is 6.61 Å². The van der Waals surface area contributed by atoms with Gasteiger partial charge < -0.3 is 4.74 Å². The minimum atomic E-state index is 0.791. The second-order valence-corrected chi connectivity index (χ2v) is 14.2. The van der Waals surface area contributed by atoms with E-state index in [1.807, 2.05) is 36.9 Å². The van der Waals surface area contributed by atoms with E-state index in [2.05, 4.69) is 84.0 Å². The van der Waals surface area contributed by atoms with E-state index >= 15 is 0 Å². The van der Waals surface area contributed by atoms with E-state index in [4.69, 9.17) is 4.74 Å². The van der Waals surface area contributed by atoms with Gasteiger partial charge in [0.2, 0.25) is 0 Å². The molecule has 0 aliphatic rings. The predicted molar refractivity (Wildman–Crippen MR) is 217 cm³/mol. The van der Waals surface area contributed by atoms with Gasteiger partial charge in [0.15, 0.2) is 11.6 Å². The van der Waals surface area contributed by atoms with Crippen LogP contribution >= 0.6 is 0 Å². The Hall–Kier alpha value is -3.60. The summed E-state index contributed by atoms with van der Waals surface area (Å²) in [4.78, 5) is 18.2. The summed E-state index contributed by atoms with van der Waals surface area (Å²) in [6, 6.07) is 16.5. The normalized spacial score (nSPS) is 10.9. The van der Waals surface area contributed by atoms with Gasteiger partial charge in [-0.2, -0.15) is 0 Å². The van der Waals surface area contributed by atoms with Crippen molar-refractivity contribution in [3.8, 4) is 28.5 Å². The van der Waals surface area contributed by atoms with Gasteiger partial charge in [0.1, 0.15) is 5.75 Å². The Morgan fingerprint density at radius 3 is 1.18 bits per heavy atom. The van der Waals surface area contributed by atoms with Crippen LogP contribution in [0.1, 0.15) is 159 Å². The number of nitrogens with zero attached hydrogens (tertiary/aromatic N) is 4. The van der Waals surface area contributed by atoms with Crippen molar-refractivity contribution in [1.29, 1.82) is 0 Å². The molecule has 0 atom stereocenters. The largest absolute Gasteiger partial charge is 0.494 e. The van der Waals surface area contributed by atoms with Crippen molar-refractivity contribution in [3.05, 3.63) is 90.0 Å². The fourth-order valence-corrected chi connectivity index (χ4v) is 6.14. The van der Waals surface area contributed by atoms with Crippen LogP contribution in [0, 0.1) is 6.92 Å². The number of aryl methyl sites for hydroxylation is 3. The lowest BCUT2D eigenvalue weighted by molar-refractivity contribution is 0.304. The molecule has 0 N–H and O–H groups in total. The highest BCUT2D eigenvalue weighted by molar-refractivity contribution is 5.56. The minimum absolute atomic E-state index is 0.791. The molecule has 4 aromatic rings. The SMILES string of the molecule is CCCCCCCCCc1cnc(-c2ccc(C)cc2)nc1.CCCCCCCCCc1cnc(-c2ccc(OCCCCCCC)cc2)nc1. The zero-order chi connectivity index (χ0) is 36.2. The van der Waals surface area contributed by atoms with Crippen molar-refractivity contribution in [2.24, 2.45) is 0 Å². The third-order valence-corrected chi connectivity index (χ3v) is 9.49. The highest BCUT2D eigenvalue weighted by atomic mass is 16.5. The molecule has 0 saturated carbocycles. The van der Waals surface area contributed by atoms with Crippen LogP contribution < -0.4 is 4.74 Å². The van der Waals surface area contributed by atoms with Gasteiger partial charge in [0.05, 0.1) is 6.61 Å². The second-order valence-electron chi connectivity index (χ2n) is 14.2. The third-order valence-electron chi connectivity index (χ3n) is 9.49. The van der Waals surface area contributed by atoms with Crippen molar-refractivity contribution in [1.82, 2.24) is 19.9 Å². The Morgan fingerprint density at radius 1 is 0.412 bits per heavy atom. The van der Waals surface area contributed by atoms with Crippen LogP contribution in [0.25, 0.3) is 22.8 Å². The molecule has 0 aliphatic heterocycles. The third kappa shape index (κ3) is 18.5. The van der Waals surface area contributed by atoms with Crippen molar-refractivity contribution in [3.63, 3.8) is 0 Å². The first-order chi connectivity index (χ1) is 25.1. The van der Waals surface area contributed by atoms with Gasteiger partial charge in [-0.15, -0.1) is 0 Å². The van der Waals surface area contributed by atoms with Crippen molar-refractivity contribution >= 4 is 0 Å². The molecule has 0 unspecified atom stereocenters. The van der Waals surface area contributed by atoms with Gasteiger partial charge in [-0.05, 0) is 74.4 Å². The molecule has 278 valence electrons. The zero-order valence-corrected chi connectivity index (χ0v) is 32.7. The van der Waals surface area contributed by atoms with E-state index in [1.165, 1.54) is 132 Å². The summed E-state index contributed by atoms with van der Waals surface area (Å²) in [5.74, 6) is 2.54. The Kier molecular flexibility index (Phi) is 22.2. The van der Waals surface area contributed by atoms with Gasteiger partial charge in [0, 0.05) is 35.9 Å². The smallest absolute Gasteiger partial charge is 0.159 e. The molecule has 0 amide bonds. The molecular weight excluding hydrogens is 625 g/mol. The number of rotatable bonds is 25. The fraction of sp³-hybridized carbons (Fsp3) is 0.565. The summed E-state index contributed by atoms with van der Waals surface area (Å²) >= 11 is 0. The minimum Gasteiger partial charge on any atom is -0.494 e. The van der Waals surface area contributed by atoms with Crippen LogP contribution in [0.3, 0.4) is 0 Å². The van der Waals surface area contributed by atoms with Gasteiger partial charge in [-0.1, -0.05) is 153 Å². The van der Waals surface area contributed by atoms with E-state index in [0.717, 1.165) is 54.4 Å². The van der Waals surface area contributed by atoms with Crippen LogP contribution in [-0.2, 0) is 12.8 Å². The molecular formula is C46H68N4O. The monoisotopic (exact) mass is 693 g/mol. The van der Waals surface area contributed by atoms with Crippen molar-refractivity contribution in [2.45, 2.75) is 163 Å². The Labute approximate surface area is 311 Å². The average Bonchev–Trinajstić information content (AvgIpc) is 3.17. The molecule has 0 spiro atoms. The highest BCUT2D eigenvalue weighted by Gasteiger charge is 2.04. The first kappa shape index (κ1) is 41.8. The number of hydrogen-bond donors (Lipinski definition) is 0. The zero-order valence-electron chi connectivity index (χ0n) is 32.7. The molecule has 0 radical (unpaired) electrons. The summed E-state index contributed by atoms with van der Waals surface area (Å²) in [5.41, 5.74) is 5.89. The molecule has 5 heteroatoms. The van der Waals surface area contributed by atoms with Gasteiger partial charge in [0.25, 0.3) is 0 Å². The quantitative estimate of drug-likeness (QED) is 0.0647. The maximum Gasteiger partial charge on any atom is 0.159 e. The Balaban J connectivity index is 0.000000286. The second kappa shape index (κ2) is 27.1. The summed E-state index contributed by atoms with van der Waals surface area (Å²) in [7, 11) is 0. The molecule has 5 nitrogen and oxygen atoms in total.